The third-order valence-electron chi connectivity index (χ3n) is 6.88. The van der Waals surface area contributed by atoms with E-state index in [2.05, 4.69) is 46.1 Å². The van der Waals surface area contributed by atoms with Crippen molar-refractivity contribution >= 4 is 5.95 Å². The predicted octanol–water partition coefficient (Wildman–Crippen LogP) is 5.06. The van der Waals surface area contributed by atoms with Crippen molar-refractivity contribution in [2.75, 3.05) is 25.1 Å². The Morgan fingerprint density at radius 2 is 1.69 bits per heavy atom. The van der Waals surface area contributed by atoms with Gasteiger partial charge in [0.1, 0.15) is 0 Å². The van der Waals surface area contributed by atoms with Crippen molar-refractivity contribution in [3.05, 3.63) is 53.3 Å². The van der Waals surface area contributed by atoms with Gasteiger partial charge in [0, 0.05) is 38.2 Å². The van der Waals surface area contributed by atoms with Crippen molar-refractivity contribution in [3.8, 4) is 0 Å². The normalized spacial score (nSPS) is 22.1. The third kappa shape index (κ3) is 5.36. The molecule has 1 saturated heterocycles. The van der Waals surface area contributed by atoms with E-state index in [1.165, 1.54) is 49.7 Å². The predicted molar refractivity (Wildman–Crippen MR) is 118 cm³/mol. The topological polar surface area (TPSA) is 38.2 Å². The minimum absolute atomic E-state index is 0.579. The molecule has 2 aromatic rings. The van der Waals surface area contributed by atoms with Crippen LogP contribution in [-0.4, -0.2) is 30.2 Å². The second-order valence-electron chi connectivity index (χ2n) is 8.87. The molecule has 2 aliphatic rings. The smallest absolute Gasteiger partial charge is 0.225 e. The number of piperidine rings is 1. The van der Waals surface area contributed by atoms with E-state index in [1.54, 1.807) is 7.11 Å². The van der Waals surface area contributed by atoms with Crippen molar-refractivity contribution in [3.63, 3.8) is 0 Å². The first kappa shape index (κ1) is 20.3. The van der Waals surface area contributed by atoms with Gasteiger partial charge in [0.25, 0.3) is 0 Å². The molecule has 29 heavy (non-hydrogen) atoms. The van der Waals surface area contributed by atoms with Crippen molar-refractivity contribution in [1.82, 2.24) is 9.97 Å². The van der Waals surface area contributed by atoms with Crippen LogP contribution < -0.4 is 4.90 Å². The summed E-state index contributed by atoms with van der Waals surface area (Å²) in [7, 11) is 1.70. The first-order valence-electron chi connectivity index (χ1n) is 11.4. The average Bonchev–Trinajstić information content (AvgIpc) is 3.55. The van der Waals surface area contributed by atoms with Gasteiger partial charge in [-0.25, -0.2) is 9.97 Å². The molecule has 4 heteroatoms. The molecule has 2 fully saturated rings. The van der Waals surface area contributed by atoms with Crippen LogP contribution in [0.1, 0.15) is 55.7 Å². The highest BCUT2D eigenvalue weighted by Gasteiger charge is 2.42. The molecule has 2 unspecified atom stereocenters. The van der Waals surface area contributed by atoms with Gasteiger partial charge in [-0.2, -0.15) is 0 Å². The van der Waals surface area contributed by atoms with Crippen LogP contribution in [-0.2, 0) is 24.2 Å². The number of hydrogen-bond acceptors (Lipinski definition) is 4. The third-order valence-corrected chi connectivity index (χ3v) is 6.88. The van der Waals surface area contributed by atoms with Crippen LogP contribution >= 0.6 is 0 Å². The van der Waals surface area contributed by atoms with Crippen molar-refractivity contribution < 1.29 is 4.74 Å². The molecule has 2 heterocycles. The standard InChI is InChI=1S/C25H35N3O/c1-3-19-7-9-20(10-8-19)5-4-6-23-15-24(23)22-11-13-28(14-12-22)25-26-16-21(17-27-25)18-29-2/h7-10,16-17,22-24H,3-6,11-15,18H2,1-2H3. The number of hydrogen-bond donors (Lipinski definition) is 0. The van der Waals surface area contributed by atoms with Gasteiger partial charge in [-0.1, -0.05) is 31.2 Å². The maximum atomic E-state index is 5.14. The van der Waals surface area contributed by atoms with Crippen LogP contribution in [0.5, 0.6) is 0 Å². The lowest BCUT2D eigenvalue weighted by atomic mass is 9.90. The molecule has 1 saturated carbocycles. The van der Waals surface area contributed by atoms with Gasteiger partial charge in [-0.15, -0.1) is 0 Å². The monoisotopic (exact) mass is 393 g/mol. The zero-order chi connectivity index (χ0) is 20.1. The molecule has 0 bridgehead atoms. The van der Waals surface area contributed by atoms with Gasteiger partial charge in [0.05, 0.1) is 6.61 Å². The first-order chi connectivity index (χ1) is 14.3. The number of rotatable bonds is 9. The summed E-state index contributed by atoms with van der Waals surface area (Å²) in [6.07, 6.45) is 13.0. The Balaban J connectivity index is 1.16. The summed E-state index contributed by atoms with van der Waals surface area (Å²) in [5, 5.41) is 0. The molecular weight excluding hydrogens is 358 g/mol. The highest BCUT2D eigenvalue weighted by molar-refractivity contribution is 5.30. The average molecular weight is 394 g/mol. The lowest BCUT2D eigenvalue weighted by Gasteiger charge is -2.32. The van der Waals surface area contributed by atoms with Crippen LogP contribution in [0.25, 0.3) is 0 Å². The summed E-state index contributed by atoms with van der Waals surface area (Å²) in [5.74, 6) is 3.74. The Bertz CT molecular complexity index is 751. The number of methoxy groups -OCH3 is 1. The number of ether oxygens (including phenoxy) is 1. The quantitative estimate of drug-likeness (QED) is 0.597. The lowest BCUT2D eigenvalue weighted by molar-refractivity contribution is 0.184. The fraction of sp³-hybridized carbons (Fsp3) is 0.600. The Labute approximate surface area is 175 Å². The van der Waals surface area contributed by atoms with Gasteiger partial charge in [0.2, 0.25) is 5.95 Å². The molecular formula is C25H35N3O. The molecule has 1 aliphatic carbocycles. The molecule has 0 spiro atoms. The number of anilines is 1. The molecule has 1 aromatic heterocycles. The Hall–Kier alpha value is -1.94. The molecule has 0 radical (unpaired) electrons. The van der Waals surface area contributed by atoms with E-state index in [0.717, 1.165) is 48.8 Å². The van der Waals surface area contributed by atoms with E-state index >= 15 is 0 Å². The first-order valence-corrected chi connectivity index (χ1v) is 11.4. The fourth-order valence-corrected chi connectivity index (χ4v) is 4.97. The van der Waals surface area contributed by atoms with Crippen molar-refractivity contribution in [2.45, 2.75) is 58.5 Å². The summed E-state index contributed by atoms with van der Waals surface area (Å²) in [5.41, 5.74) is 3.98. The largest absolute Gasteiger partial charge is 0.380 e. The Morgan fingerprint density at radius 3 is 2.34 bits per heavy atom. The zero-order valence-corrected chi connectivity index (χ0v) is 18.0. The van der Waals surface area contributed by atoms with E-state index < -0.39 is 0 Å². The van der Waals surface area contributed by atoms with Crippen molar-refractivity contribution in [2.24, 2.45) is 17.8 Å². The summed E-state index contributed by atoms with van der Waals surface area (Å²) >= 11 is 0. The second-order valence-corrected chi connectivity index (χ2v) is 8.87. The number of aromatic nitrogens is 2. The molecule has 156 valence electrons. The molecule has 4 rings (SSSR count). The molecule has 1 aliphatic heterocycles. The highest BCUT2D eigenvalue weighted by atomic mass is 16.5. The van der Waals surface area contributed by atoms with Crippen LogP contribution in [0.4, 0.5) is 5.95 Å². The molecule has 0 amide bonds. The summed E-state index contributed by atoms with van der Waals surface area (Å²) in [6, 6.07) is 9.22. The minimum atomic E-state index is 0.579. The SMILES string of the molecule is CCc1ccc(CCCC2CC2C2CCN(c3ncc(COC)cn3)CC2)cc1. The van der Waals surface area contributed by atoms with E-state index in [0.29, 0.717) is 6.61 Å². The van der Waals surface area contributed by atoms with Crippen molar-refractivity contribution in [1.29, 1.82) is 0 Å². The van der Waals surface area contributed by atoms with E-state index in [-0.39, 0.29) is 0 Å². The molecule has 0 N–H and O–H groups in total. The molecule has 2 atom stereocenters. The highest BCUT2D eigenvalue weighted by Crippen LogP contribution is 2.50. The van der Waals surface area contributed by atoms with E-state index in [4.69, 9.17) is 4.74 Å². The number of aryl methyl sites for hydroxylation is 2. The van der Waals surface area contributed by atoms with Crippen LogP contribution in [0, 0.1) is 17.8 Å². The summed E-state index contributed by atoms with van der Waals surface area (Å²) in [4.78, 5) is 11.4. The van der Waals surface area contributed by atoms with Crippen LogP contribution in [0.15, 0.2) is 36.7 Å². The Morgan fingerprint density at radius 1 is 1.00 bits per heavy atom. The molecule has 1 aromatic carbocycles. The van der Waals surface area contributed by atoms with Crippen LogP contribution in [0.2, 0.25) is 0 Å². The summed E-state index contributed by atoms with van der Waals surface area (Å²) < 4.78 is 5.14. The Kier molecular flexibility index (Phi) is 6.81. The van der Waals surface area contributed by atoms with Gasteiger partial charge < -0.3 is 9.64 Å². The lowest BCUT2D eigenvalue weighted by Crippen LogP contribution is -2.35. The minimum Gasteiger partial charge on any atom is -0.380 e. The fourth-order valence-electron chi connectivity index (χ4n) is 4.97. The maximum absolute atomic E-state index is 5.14. The van der Waals surface area contributed by atoms with E-state index in [1.807, 2.05) is 12.4 Å². The maximum Gasteiger partial charge on any atom is 0.225 e. The van der Waals surface area contributed by atoms with Gasteiger partial charge >= 0.3 is 0 Å². The van der Waals surface area contributed by atoms with Gasteiger partial charge in [0.15, 0.2) is 0 Å². The second kappa shape index (κ2) is 9.71. The van der Waals surface area contributed by atoms with Crippen LogP contribution in [0.3, 0.4) is 0 Å². The molecule has 4 nitrogen and oxygen atoms in total. The zero-order valence-electron chi connectivity index (χ0n) is 18.0. The summed E-state index contributed by atoms with van der Waals surface area (Å²) in [6.45, 7) is 5.00. The van der Waals surface area contributed by atoms with E-state index in [9.17, 15) is 0 Å². The van der Waals surface area contributed by atoms with Gasteiger partial charge in [-0.05, 0) is 73.8 Å². The number of nitrogens with zero attached hydrogens (tertiary/aromatic N) is 3. The number of benzene rings is 1. The van der Waals surface area contributed by atoms with Gasteiger partial charge in [-0.3, -0.25) is 0 Å².